The van der Waals surface area contributed by atoms with Crippen LogP contribution >= 0.6 is 0 Å². The van der Waals surface area contributed by atoms with Crippen molar-refractivity contribution in [2.24, 2.45) is 0 Å². The van der Waals surface area contributed by atoms with Crippen LogP contribution in [0.25, 0.3) is 0 Å². The van der Waals surface area contributed by atoms with Crippen molar-refractivity contribution < 1.29 is 14.3 Å². The lowest BCUT2D eigenvalue weighted by atomic mass is 10.1. The molecular weight excluding hydrogens is 342 g/mol. The van der Waals surface area contributed by atoms with Crippen LogP contribution in [0, 0.1) is 0 Å². The molecule has 150 valence electrons. The molecule has 6 heteroatoms. The zero-order chi connectivity index (χ0) is 19.7. The molecule has 2 aliphatic rings. The highest BCUT2D eigenvalue weighted by Gasteiger charge is 2.25. The maximum Gasteiger partial charge on any atom is 0.410 e. The van der Waals surface area contributed by atoms with E-state index < -0.39 is 5.60 Å². The van der Waals surface area contributed by atoms with Gasteiger partial charge in [-0.05, 0) is 52.2 Å². The third-order valence-electron chi connectivity index (χ3n) is 4.59. The van der Waals surface area contributed by atoms with E-state index in [0.717, 1.165) is 32.6 Å². The molecule has 2 fully saturated rings. The van der Waals surface area contributed by atoms with Crippen molar-refractivity contribution in [3.05, 3.63) is 30.3 Å². The average molecular weight is 376 g/mol. The van der Waals surface area contributed by atoms with Gasteiger partial charge in [-0.2, -0.15) is 0 Å². The van der Waals surface area contributed by atoms with E-state index in [-0.39, 0.29) is 6.09 Å². The molecule has 0 aromatic heterocycles. The number of piperazine rings is 1. The highest BCUT2D eigenvalue weighted by Crippen LogP contribution is 2.17. The molecule has 0 aliphatic carbocycles. The Morgan fingerprint density at radius 2 is 1.52 bits per heavy atom. The van der Waals surface area contributed by atoms with Crippen LogP contribution in [0.4, 0.5) is 10.5 Å². The van der Waals surface area contributed by atoms with Crippen molar-refractivity contribution in [3.63, 3.8) is 0 Å². The second-order valence-corrected chi connectivity index (χ2v) is 7.99. The van der Waals surface area contributed by atoms with Crippen LogP contribution < -0.4 is 4.90 Å². The van der Waals surface area contributed by atoms with E-state index in [1.165, 1.54) is 24.9 Å². The van der Waals surface area contributed by atoms with Gasteiger partial charge in [-0.15, -0.1) is 0 Å². The van der Waals surface area contributed by atoms with Crippen molar-refractivity contribution in [2.75, 3.05) is 44.2 Å². The van der Waals surface area contributed by atoms with Crippen LogP contribution in [0.2, 0.25) is 0 Å². The van der Waals surface area contributed by atoms with E-state index in [0.29, 0.717) is 13.1 Å². The first-order valence-corrected chi connectivity index (χ1v) is 9.86. The highest BCUT2D eigenvalue weighted by atomic mass is 16.6. The average Bonchev–Trinajstić information content (AvgIpc) is 2.68. The highest BCUT2D eigenvalue weighted by molar-refractivity contribution is 5.68. The summed E-state index contributed by atoms with van der Waals surface area (Å²) >= 11 is 0. The van der Waals surface area contributed by atoms with E-state index >= 15 is 0 Å². The molecule has 0 saturated carbocycles. The summed E-state index contributed by atoms with van der Waals surface area (Å²) in [6.45, 7) is 10.8. The third-order valence-corrected chi connectivity index (χ3v) is 4.59. The monoisotopic (exact) mass is 375 g/mol. The number of benzene rings is 1. The Morgan fingerprint density at radius 1 is 0.926 bits per heavy atom. The van der Waals surface area contributed by atoms with Gasteiger partial charge in [0.25, 0.3) is 0 Å². The maximum atomic E-state index is 11.9. The Hall–Kier alpha value is -2.24. The standard InChI is InChI=1S/C15H22N2O2.C6H11NO/c1-15(2,3)19-14(18)17-11-9-16(10-12-17)13-7-5-4-6-8-13;8-6-7-4-2-1-3-5-7/h4-8H,9-12H2,1-3H3;6H,1-5H2. The normalized spacial score (nSPS) is 17.7. The summed E-state index contributed by atoms with van der Waals surface area (Å²) in [5.41, 5.74) is 0.791. The number of hydrogen-bond acceptors (Lipinski definition) is 4. The fraction of sp³-hybridized carbons (Fsp3) is 0.619. The molecule has 0 unspecified atom stereocenters. The Morgan fingerprint density at radius 3 is 2.00 bits per heavy atom. The molecule has 0 spiro atoms. The molecule has 27 heavy (non-hydrogen) atoms. The molecule has 2 heterocycles. The van der Waals surface area contributed by atoms with E-state index in [2.05, 4.69) is 17.0 Å². The van der Waals surface area contributed by atoms with Crippen LogP contribution in [-0.4, -0.2) is 67.2 Å². The van der Waals surface area contributed by atoms with Gasteiger partial charge in [-0.25, -0.2) is 4.79 Å². The van der Waals surface area contributed by atoms with Crippen molar-refractivity contribution >= 4 is 18.2 Å². The van der Waals surface area contributed by atoms with Gasteiger partial charge in [0.1, 0.15) is 5.60 Å². The molecule has 2 amide bonds. The molecule has 1 aromatic carbocycles. The molecule has 3 rings (SSSR count). The summed E-state index contributed by atoms with van der Waals surface area (Å²) < 4.78 is 5.39. The van der Waals surface area contributed by atoms with E-state index in [1.807, 2.05) is 43.9 Å². The van der Waals surface area contributed by atoms with Crippen molar-refractivity contribution in [3.8, 4) is 0 Å². The third kappa shape index (κ3) is 7.49. The van der Waals surface area contributed by atoms with Crippen LogP contribution in [-0.2, 0) is 9.53 Å². The maximum absolute atomic E-state index is 11.9. The number of nitrogens with zero attached hydrogens (tertiary/aromatic N) is 3. The first-order valence-electron chi connectivity index (χ1n) is 9.86. The predicted octanol–water partition coefficient (Wildman–Crippen LogP) is 3.37. The zero-order valence-electron chi connectivity index (χ0n) is 16.9. The van der Waals surface area contributed by atoms with E-state index in [1.54, 1.807) is 4.90 Å². The number of carbonyl (C=O) groups is 2. The molecule has 1 aromatic rings. The fourth-order valence-electron chi connectivity index (χ4n) is 3.14. The van der Waals surface area contributed by atoms with Crippen LogP contribution in [0.15, 0.2) is 30.3 Å². The zero-order valence-corrected chi connectivity index (χ0v) is 16.9. The molecule has 6 nitrogen and oxygen atoms in total. The van der Waals surface area contributed by atoms with Crippen LogP contribution in [0.5, 0.6) is 0 Å². The number of likely N-dealkylation sites (tertiary alicyclic amines) is 1. The van der Waals surface area contributed by atoms with Gasteiger partial charge in [-0.3, -0.25) is 4.79 Å². The van der Waals surface area contributed by atoms with Gasteiger partial charge < -0.3 is 19.4 Å². The summed E-state index contributed by atoms with van der Waals surface area (Å²) in [4.78, 5) is 27.9. The number of anilines is 1. The van der Waals surface area contributed by atoms with E-state index in [9.17, 15) is 9.59 Å². The molecule has 2 saturated heterocycles. The smallest absolute Gasteiger partial charge is 0.410 e. The van der Waals surface area contributed by atoms with Crippen molar-refractivity contribution in [1.29, 1.82) is 0 Å². The quantitative estimate of drug-likeness (QED) is 0.744. The molecule has 0 N–H and O–H groups in total. The number of rotatable bonds is 2. The Bertz CT molecular complexity index is 572. The van der Waals surface area contributed by atoms with E-state index in [4.69, 9.17) is 4.74 Å². The largest absolute Gasteiger partial charge is 0.444 e. The minimum absolute atomic E-state index is 0.208. The van der Waals surface area contributed by atoms with Gasteiger partial charge in [-0.1, -0.05) is 18.2 Å². The minimum atomic E-state index is -0.423. The van der Waals surface area contributed by atoms with Crippen molar-refractivity contribution in [2.45, 2.75) is 45.6 Å². The van der Waals surface area contributed by atoms with Gasteiger partial charge in [0.15, 0.2) is 0 Å². The van der Waals surface area contributed by atoms with Gasteiger partial charge in [0, 0.05) is 45.0 Å². The lowest BCUT2D eigenvalue weighted by Gasteiger charge is -2.36. The first kappa shape index (κ1) is 21.1. The number of amides is 2. The SMILES string of the molecule is CC(C)(C)OC(=O)N1CCN(c2ccccc2)CC1.O=CN1CCCCC1. The molecular formula is C21H33N3O3. The number of para-hydroxylation sites is 1. The van der Waals surface area contributed by atoms with Gasteiger partial charge >= 0.3 is 6.09 Å². The second-order valence-electron chi connectivity index (χ2n) is 7.99. The summed E-state index contributed by atoms with van der Waals surface area (Å²) in [5.74, 6) is 0. The topological polar surface area (TPSA) is 53.1 Å². The summed E-state index contributed by atoms with van der Waals surface area (Å²) in [6.07, 6.45) is 4.42. The summed E-state index contributed by atoms with van der Waals surface area (Å²) in [5, 5.41) is 0. The summed E-state index contributed by atoms with van der Waals surface area (Å²) in [6, 6.07) is 10.3. The Balaban J connectivity index is 0.000000273. The fourth-order valence-corrected chi connectivity index (χ4v) is 3.14. The van der Waals surface area contributed by atoms with Crippen LogP contribution in [0.1, 0.15) is 40.0 Å². The summed E-state index contributed by atoms with van der Waals surface area (Å²) in [7, 11) is 0. The predicted molar refractivity (Wildman–Crippen MR) is 108 cm³/mol. The lowest BCUT2D eigenvalue weighted by molar-refractivity contribution is -0.118. The van der Waals surface area contributed by atoms with Crippen LogP contribution in [0.3, 0.4) is 0 Å². The number of piperidine rings is 1. The Labute approximate surface area is 163 Å². The minimum Gasteiger partial charge on any atom is -0.444 e. The Kier molecular flexibility index (Phi) is 7.95. The number of ether oxygens (including phenoxy) is 1. The lowest BCUT2D eigenvalue weighted by Crippen LogP contribution is -2.50. The molecule has 0 radical (unpaired) electrons. The molecule has 2 aliphatic heterocycles. The first-order chi connectivity index (χ1) is 12.9. The van der Waals surface area contributed by atoms with Crippen molar-refractivity contribution in [1.82, 2.24) is 9.80 Å². The van der Waals surface area contributed by atoms with Gasteiger partial charge in [0.2, 0.25) is 6.41 Å². The molecule has 0 atom stereocenters. The van der Waals surface area contributed by atoms with Gasteiger partial charge in [0.05, 0.1) is 0 Å². The number of hydrogen-bond donors (Lipinski definition) is 0. The number of carbonyl (C=O) groups excluding carboxylic acids is 2. The molecule has 0 bridgehead atoms. The second kappa shape index (κ2) is 10.2.